The van der Waals surface area contributed by atoms with E-state index in [9.17, 15) is 19.2 Å². The molecule has 0 aliphatic heterocycles. The van der Waals surface area contributed by atoms with Crippen molar-refractivity contribution in [1.82, 2.24) is 4.90 Å². The standard InChI is InChI=1S/C53H99N3O7/c1-6-10-14-16-19-27-36-47(37-28-20-17-15-11-7-2)63-48(57)38-29-21-18-22-30-41-56(43-33-40-55-50-49(54-5)51(58)52(50)59)42-31-23-24-32-44-61-53(60)62-45-39-46(34-25-12-8-3)35-26-13-9-4/h46-47,54-55H,6-45H2,1-5H3. The minimum Gasteiger partial charge on any atom is -0.462 e. The lowest BCUT2D eigenvalue weighted by atomic mass is 9.92. The Morgan fingerprint density at radius 2 is 0.937 bits per heavy atom. The number of hydrogen-bond acceptors (Lipinski definition) is 10. The first kappa shape index (κ1) is 58.4. The molecular weight excluding hydrogens is 791 g/mol. The minimum absolute atomic E-state index is 0.0106. The van der Waals surface area contributed by atoms with Crippen LogP contribution in [0.3, 0.4) is 0 Å². The van der Waals surface area contributed by atoms with E-state index in [2.05, 4.69) is 43.2 Å². The van der Waals surface area contributed by atoms with E-state index in [1.807, 2.05) is 0 Å². The van der Waals surface area contributed by atoms with E-state index in [4.69, 9.17) is 14.2 Å². The minimum atomic E-state index is -0.535. The van der Waals surface area contributed by atoms with Crippen LogP contribution in [0.4, 0.5) is 16.2 Å². The average molecular weight is 890 g/mol. The Balaban J connectivity index is 2.42. The molecule has 1 rings (SSSR count). The molecule has 0 saturated heterocycles. The normalized spacial score (nSPS) is 11.6. The van der Waals surface area contributed by atoms with Gasteiger partial charge >= 0.3 is 12.1 Å². The molecule has 0 amide bonds. The molecular formula is C53H99N3O7. The fraction of sp³-hybridized carbons (Fsp3) is 0.887. The van der Waals surface area contributed by atoms with Gasteiger partial charge in [-0.2, -0.15) is 0 Å². The van der Waals surface area contributed by atoms with Crippen LogP contribution in [0, 0.1) is 5.92 Å². The van der Waals surface area contributed by atoms with Crippen molar-refractivity contribution in [2.75, 3.05) is 57.1 Å². The zero-order valence-corrected chi connectivity index (χ0v) is 41.7. The van der Waals surface area contributed by atoms with E-state index in [0.717, 1.165) is 116 Å². The van der Waals surface area contributed by atoms with Gasteiger partial charge < -0.3 is 29.7 Å². The maximum Gasteiger partial charge on any atom is 0.508 e. The van der Waals surface area contributed by atoms with Gasteiger partial charge in [0.05, 0.1) is 13.2 Å². The molecule has 0 radical (unpaired) electrons. The summed E-state index contributed by atoms with van der Waals surface area (Å²) in [5.74, 6) is 0.621. The van der Waals surface area contributed by atoms with Gasteiger partial charge in [0.15, 0.2) is 0 Å². The third kappa shape index (κ3) is 31.8. The summed E-state index contributed by atoms with van der Waals surface area (Å²) in [6.07, 6.45) is 38.3. The molecule has 1 aromatic carbocycles. The highest BCUT2D eigenvalue weighted by Gasteiger charge is 2.19. The summed E-state index contributed by atoms with van der Waals surface area (Å²) in [5, 5.41) is 6.01. The molecule has 0 aliphatic carbocycles. The third-order valence-electron chi connectivity index (χ3n) is 12.8. The number of nitrogens with zero attached hydrogens (tertiary/aromatic N) is 1. The predicted octanol–water partition coefficient (Wildman–Crippen LogP) is 14.1. The number of carbonyl (C=O) groups excluding carboxylic acids is 2. The zero-order valence-electron chi connectivity index (χ0n) is 41.7. The van der Waals surface area contributed by atoms with Crippen molar-refractivity contribution in [2.24, 2.45) is 5.92 Å². The third-order valence-corrected chi connectivity index (χ3v) is 12.8. The quantitative estimate of drug-likeness (QED) is 0.0371. The van der Waals surface area contributed by atoms with Crippen molar-refractivity contribution in [1.29, 1.82) is 0 Å². The molecule has 0 heterocycles. The first-order valence-electron chi connectivity index (χ1n) is 26.8. The van der Waals surface area contributed by atoms with Gasteiger partial charge in [0.1, 0.15) is 17.5 Å². The summed E-state index contributed by atoms with van der Waals surface area (Å²) in [6, 6.07) is 0. The Hall–Kier alpha value is -2.62. The lowest BCUT2D eigenvalue weighted by Crippen LogP contribution is -2.37. The Morgan fingerprint density at radius 3 is 1.51 bits per heavy atom. The molecule has 10 heteroatoms. The van der Waals surface area contributed by atoms with E-state index in [-0.39, 0.29) is 12.1 Å². The number of nitrogens with one attached hydrogen (secondary N) is 2. The number of esters is 1. The molecule has 0 aliphatic rings. The van der Waals surface area contributed by atoms with Gasteiger partial charge in [-0.3, -0.25) is 14.4 Å². The summed E-state index contributed by atoms with van der Waals surface area (Å²) >= 11 is 0. The van der Waals surface area contributed by atoms with Gasteiger partial charge in [-0.05, 0) is 89.8 Å². The van der Waals surface area contributed by atoms with Crippen molar-refractivity contribution >= 4 is 23.5 Å². The number of carbonyl (C=O) groups is 2. The Labute approximate surface area is 386 Å². The lowest BCUT2D eigenvalue weighted by Gasteiger charge is -2.23. The lowest BCUT2D eigenvalue weighted by molar-refractivity contribution is -0.150. The van der Waals surface area contributed by atoms with Crippen LogP contribution in [-0.2, 0) is 19.0 Å². The molecule has 0 saturated carbocycles. The molecule has 368 valence electrons. The number of anilines is 2. The van der Waals surface area contributed by atoms with Gasteiger partial charge in [0.25, 0.3) is 10.9 Å². The average Bonchev–Trinajstić information content (AvgIpc) is 3.28. The van der Waals surface area contributed by atoms with E-state index in [1.54, 1.807) is 7.05 Å². The number of rotatable bonds is 47. The van der Waals surface area contributed by atoms with Crippen LogP contribution in [0.1, 0.15) is 246 Å². The van der Waals surface area contributed by atoms with Gasteiger partial charge in [-0.15, -0.1) is 0 Å². The van der Waals surface area contributed by atoms with E-state index in [0.29, 0.717) is 43.5 Å². The molecule has 10 nitrogen and oxygen atoms in total. The Bertz CT molecular complexity index is 1260. The fourth-order valence-corrected chi connectivity index (χ4v) is 8.69. The summed E-state index contributed by atoms with van der Waals surface area (Å²) in [7, 11) is 1.67. The van der Waals surface area contributed by atoms with Crippen molar-refractivity contribution in [3.8, 4) is 0 Å². The summed E-state index contributed by atoms with van der Waals surface area (Å²) < 4.78 is 16.9. The zero-order chi connectivity index (χ0) is 46.0. The van der Waals surface area contributed by atoms with Crippen molar-refractivity contribution in [3.05, 3.63) is 20.4 Å². The van der Waals surface area contributed by atoms with Crippen LogP contribution < -0.4 is 21.5 Å². The topological polar surface area (TPSA) is 123 Å². The summed E-state index contributed by atoms with van der Waals surface area (Å²) in [5.41, 5.74) is -0.0967. The van der Waals surface area contributed by atoms with Crippen LogP contribution in [0.5, 0.6) is 0 Å². The van der Waals surface area contributed by atoms with Crippen LogP contribution >= 0.6 is 0 Å². The monoisotopic (exact) mass is 890 g/mol. The molecule has 0 spiro atoms. The Kier molecular flexibility index (Phi) is 39.0. The highest BCUT2D eigenvalue weighted by atomic mass is 16.7. The molecule has 0 fully saturated rings. The number of ether oxygens (including phenoxy) is 3. The second-order valence-electron chi connectivity index (χ2n) is 18.5. The smallest absolute Gasteiger partial charge is 0.462 e. The number of hydrogen-bond donors (Lipinski definition) is 2. The highest BCUT2D eigenvalue weighted by molar-refractivity contribution is 5.73. The van der Waals surface area contributed by atoms with Crippen LogP contribution in [0.15, 0.2) is 9.59 Å². The second kappa shape index (κ2) is 42.0. The van der Waals surface area contributed by atoms with E-state index in [1.165, 1.54) is 116 Å². The maximum absolute atomic E-state index is 12.9. The van der Waals surface area contributed by atoms with Crippen molar-refractivity contribution in [2.45, 2.75) is 252 Å². The van der Waals surface area contributed by atoms with Gasteiger partial charge in [-0.1, -0.05) is 175 Å². The molecule has 0 atom stereocenters. The molecule has 2 N–H and O–H groups in total. The van der Waals surface area contributed by atoms with Crippen LogP contribution in [-0.4, -0.2) is 69.6 Å². The molecule has 0 aromatic heterocycles. The largest absolute Gasteiger partial charge is 0.508 e. The van der Waals surface area contributed by atoms with Crippen LogP contribution in [0.25, 0.3) is 0 Å². The van der Waals surface area contributed by atoms with Gasteiger partial charge in [0.2, 0.25) is 0 Å². The summed E-state index contributed by atoms with van der Waals surface area (Å²) in [6.45, 7) is 13.4. The first-order valence-corrected chi connectivity index (χ1v) is 26.8. The predicted molar refractivity (Wildman–Crippen MR) is 266 cm³/mol. The molecule has 0 bridgehead atoms. The molecule has 1 aromatic rings. The van der Waals surface area contributed by atoms with Gasteiger partial charge in [-0.25, -0.2) is 4.79 Å². The molecule has 0 unspecified atom stereocenters. The van der Waals surface area contributed by atoms with Crippen molar-refractivity contribution < 1.29 is 23.8 Å². The van der Waals surface area contributed by atoms with Gasteiger partial charge in [0, 0.05) is 20.0 Å². The number of unbranched alkanes of at least 4 members (excludes halogenated alkanes) is 21. The Morgan fingerprint density at radius 1 is 0.492 bits per heavy atom. The molecule has 63 heavy (non-hydrogen) atoms. The maximum atomic E-state index is 12.9. The SMILES string of the molecule is CCCCCCCCC(CCCCCCCC)OC(=O)CCCCCCCN(CCCCCCOC(=O)OCCC(CCCCC)CCCCC)CCCNc1c(NC)c(=O)c1=O. The summed E-state index contributed by atoms with van der Waals surface area (Å²) in [4.78, 5) is 51.4. The fourth-order valence-electron chi connectivity index (χ4n) is 8.69. The highest BCUT2D eigenvalue weighted by Crippen LogP contribution is 2.22. The van der Waals surface area contributed by atoms with E-state index >= 15 is 0 Å². The van der Waals surface area contributed by atoms with Crippen LogP contribution in [0.2, 0.25) is 0 Å². The first-order chi connectivity index (χ1) is 30.8. The second-order valence-corrected chi connectivity index (χ2v) is 18.5. The van der Waals surface area contributed by atoms with Crippen molar-refractivity contribution in [3.63, 3.8) is 0 Å². The van der Waals surface area contributed by atoms with E-state index < -0.39 is 17.0 Å².